The maximum atomic E-state index is 12.8. The molecule has 0 aromatic rings. The Bertz CT molecular complexity index is 1140. The van der Waals surface area contributed by atoms with Crippen LogP contribution < -0.4 is 0 Å². The van der Waals surface area contributed by atoms with Crippen molar-refractivity contribution in [3.63, 3.8) is 0 Å². The molecule has 0 saturated heterocycles. The van der Waals surface area contributed by atoms with Gasteiger partial charge >= 0.3 is 17.9 Å². The molecule has 1 atom stereocenters. The second kappa shape index (κ2) is 54.0. The third-order valence-electron chi connectivity index (χ3n) is 12.3. The number of allylic oxidation sites excluding steroid dienone is 8. The van der Waals surface area contributed by atoms with Crippen molar-refractivity contribution in [3.8, 4) is 0 Å². The summed E-state index contributed by atoms with van der Waals surface area (Å²) in [7, 11) is 0. The van der Waals surface area contributed by atoms with Gasteiger partial charge in [0.25, 0.3) is 0 Å². The predicted molar refractivity (Wildman–Crippen MR) is 279 cm³/mol. The van der Waals surface area contributed by atoms with E-state index in [-0.39, 0.29) is 31.1 Å². The molecule has 0 aliphatic rings. The molecular weight excluding hydrogens is 805 g/mol. The number of esters is 3. The zero-order chi connectivity index (χ0) is 47.2. The van der Waals surface area contributed by atoms with Crippen LogP contribution in [0.4, 0.5) is 0 Å². The Morgan fingerprint density at radius 2 is 0.600 bits per heavy atom. The summed E-state index contributed by atoms with van der Waals surface area (Å²) in [6, 6.07) is 0. The number of hydrogen-bond donors (Lipinski definition) is 0. The Hall–Kier alpha value is -2.63. The van der Waals surface area contributed by atoms with Crippen molar-refractivity contribution in [3.05, 3.63) is 48.6 Å². The molecule has 1 unspecified atom stereocenters. The summed E-state index contributed by atoms with van der Waals surface area (Å²) in [4.78, 5) is 38.1. The molecule has 0 spiro atoms. The van der Waals surface area contributed by atoms with Gasteiger partial charge in [0.2, 0.25) is 0 Å². The van der Waals surface area contributed by atoms with Gasteiger partial charge in [-0.15, -0.1) is 0 Å². The number of ether oxygens (including phenoxy) is 3. The highest BCUT2D eigenvalue weighted by Crippen LogP contribution is 2.17. The van der Waals surface area contributed by atoms with Crippen LogP contribution in [0, 0.1) is 0 Å². The van der Waals surface area contributed by atoms with E-state index in [9.17, 15) is 14.4 Å². The number of rotatable bonds is 51. The predicted octanol–water partition coefficient (Wildman–Crippen LogP) is 18.7. The van der Waals surface area contributed by atoms with E-state index in [1.54, 1.807) is 0 Å². The van der Waals surface area contributed by atoms with E-state index in [4.69, 9.17) is 14.2 Å². The molecule has 0 N–H and O–H groups in total. The lowest BCUT2D eigenvalue weighted by Gasteiger charge is -2.18. The van der Waals surface area contributed by atoms with Crippen LogP contribution in [0.3, 0.4) is 0 Å². The molecule has 6 nitrogen and oxygen atoms in total. The fourth-order valence-corrected chi connectivity index (χ4v) is 8.14. The van der Waals surface area contributed by atoms with E-state index in [0.29, 0.717) is 19.3 Å². The van der Waals surface area contributed by atoms with Crippen LogP contribution >= 0.6 is 0 Å². The molecule has 6 heteroatoms. The third kappa shape index (κ3) is 52.2. The van der Waals surface area contributed by atoms with Crippen LogP contribution in [0.5, 0.6) is 0 Å². The highest BCUT2D eigenvalue weighted by atomic mass is 16.6. The van der Waals surface area contributed by atoms with Crippen molar-refractivity contribution in [2.45, 2.75) is 297 Å². The minimum absolute atomic E-state index is 0.0818. The van der Waals surface area contributed by atoms with Gasteiger partial charge in [-0.2, -0.15) is 0 Å². The number of unbranched alkanes of at least 4 members (excludes halogenated alkanes) is 32. The summed E-state index contributed by atoms with van der Waals surface area (Å²) in [5.41, 5.74) is 0. The summed E-state index contributed by atoms with van der Waals surface area (Å²) >= 11 is 0. The maximum Gasteiger partial charge on any atom is 0.306 e. The first-order chi connectivity index (χ1) is 32.0. The molecule has 0 heterocycles. The fraction of sp³-hybridized carbons (Fsp3) is 0.814. The summed E-state index contributed by atoms with van der Waals surface area (Å²) < 4.78 is 16.8. The maximum absolute atomic E-state index is 12.8. The standard InChI is InChI=1S/C59H106O6/c1-4-7-10-13-16-19-22-25-28-31-34-37-40-43-46-49-52-58(61)64-55-56(54-63-57(60)51-48-45-42-39-36-33-30-27-24-21-18-15-12-9-6-3)65-59(62)53-50-47-44-41-38-35-32-29-26-23-20-17-14-11-8-5-2/h9,12,18,21,27,30,36,39,56H,4-8,10-11,13-17,19-20,22-26,28-29,31-35,37-38,40-55H2,1-3H3/b12-9-,21-18-,30-27-,39-36-. The Kier molecular flexibility index (Phi) is 51.8. The van der Waals surface area contributed by atoms with Crippen molar-refractivity contribution >= 4 is 17.9 Å². The first-order valence-corrected chi connectivity index (χ1v) is 28.1. The Labute approximate surface area is 403 Å². The van der Waals surface area contributed by atoms with Crippen LogP contribution in [-0.2, 0) is 28.6 Å². The van der Waals surface area contributed by atoms with Crippen LogP contribution in [0.25, 0.3) is 0 Å². The van der Waals surface area contributed by atoms with Crippen LogP contribution in [0.15, 0.2) is 48.6 Å². The summed E-state index contributed by atoms with van der Waals surface area (Å²) in [5, 5.41) is 0. The van der Waals surface area contributed by atoms with Gasteiger partial charge in [0.15, 0.2) is 6.10 Å². The molecule has 0 radical (unpaired) electrons. The minimum Gasteiger partial charge on any atom is -0.462 e. The molecule has 0 aliphatic heterocycles. The number of carbonyl (C=O) groups is 3. The van der Waals surface area contributed by atoms with Gasteiger partial charge in [0.05, 0.1) is 0 Å². The van der Waals surface area contributed by atoms with E-state index in [1.165, 1.54) is 167 Å². The molecule has 0 aromatic carbocycles. The van der Waals surface area contributed by atoms with E-state index in [2.05, 4.69) is 69.4 Å². The monoisotopic (exact) mass is 911 g/mol. The van der Waals surface area contributed by atoms with E-state index in [1.807, 2.05) is 0 Å². The smallest absolute Gasteiger partial charge is 0.306 e. The Morgan fingerprint density at radius 3 is 0.938 bits per heavy atom. The molecule has 0 saturated carbocycles. The lowest BCUT2D eigenvalue weighted by molar-refractivity contribution is -0.167. The molecule has 0 fully saturated rings. The molecular formula is C59H106O6. The minimum atomic E-state index is -0.786. The Balaban J connectivity index is 4.39. The zero-order valence-electron chi connectivity index (χ0n) is 43.3. The van der Waals surface area contributed by atoms with Gasteiger partial charge in [0, 0.05) is 19.3 Å². The molecule has 378 valence electrons. The zero-order valence-corrected chi connectivity index (χ0v) is 43.3. The summed E-state index contributed by atoms with van der Waals surface area (Å²) in [6.45, 7) is 6.53. The molecule has 0 aromatic heterocycles. The summed E-state index contributed by atoms with van der Waals surface area (Å²) in [5.74, 6) is -0.909. The normalized spacial score (nSPS) is 12.4. The fourth-order valence-electron chi connectivity index (χ4n) is 8.14. The Morgan fingerprint density at radius 1 is 0.323 bits per heavy atom. The van der Waals surface area contributed by atoms with Gasteiger partial charge in [-0.3, -0.25) is 14.4 Å². The first-order valence-electron chi connectivity index (χ1n) is 28.1. The van der Waals surface area contributed by atoms with Gasteiger partial charge in [0.1, 0.15) is 13.2 Å². The molecule has 0 rings (SSSR count). The lowest BCUT2D eigenvalue weighted by atomic mass is 10.0. The average Bonchev–Trinajstić information content (AvgIpc) is 3.30. The lowest BCUT2D eigenvalue weighted by Crippen LogP contribution is -2.30. The van der Waals surface area contributed by atoms with Crippen molar-refractivity contribution in [1.82, 2.24) is 0 Å². The molecule has 65 heavy (non-hydrogen) atoms. The van der Waals surface area contributed by atoms with E-state index >= 15 is 0 Å². The average molecular weight is 911 g/mol. The van der Waals surface area contributed by atoms with Crippen molar-refractivity contribution in [1.29, 1.82) is 0 Å². The third-order valence-corrected chi connectivity index (χ3v) is 12.3. The molecule has 0 bridgehead atoms. The van der Waals surface area contributed by atoms with Gasteiger partial charge in [-0.05, 0) is 57.8 Å². The summed E-state index contributed by atoms with van der Waals surface area (Å²) in [6.07, 6.45) is 65.3. The highest BCUT2D eigenvalue weighted by molar-refractivity contribution is 5.71. The topological polar surface area (TPSA) is 78.9 Å². The first kappa shape index (κ1) is 62.4. The van der Waals surface area contributed by atoms with Crippen LogP contribution in [-0.4, -0.2) is 37.2 Å². The highest BCUT2D eigenvalue weighted by Gasteiger charge is 2.19. The van der Waals surface area contributed by atoms with E-state index < -0.39 is 6.10 Å². The second-order valence-corrected chi connectivity index (χ2v) is 18.8. The van der Waals surface area contributed by atoms with Crippen molar-refractivity contribution in [2.75, 3.05) is 13.2 Å². The van der Waals surface area contributed by atoms with Crippen molar-refractivity contribution < 1.29 is 28.6 Å². The van der Waals surface area contributed by atoms with Gasteiger partial charge < -0.3 is 14.2 Å². The number of carbonyl (C=O) groups excluding carboxylic acids is 3. The van der Waals surface area contributed by atoms with Gasteiger partial charge in [-0.1, -0.05) is 262 Å². The van der Waals surface area contributed by atoms with Crippen LogP contribution in [0.1, 0.15) is 290 Å². The quantitative estimate of drug-likeness (QED) is 0.0262. The van der Waals surface area contributed by atoms with Crippen molar-refractivity contribution in [2.24, 2.45) is 0 Å². The van der Waals surface area contributed by atoms with Crippen LogP contribution in [0.2, 0.25) is 0 Å². The largest absolute Gasteiger partial charge is 0.462 e. The van der Waals surface area contributed by atoms with Gasteiger partial charge in [-0.25, -0.2) is 0 Å². The number of hydrogen-bond acceptors (Lipinski definition) is 6. The molecule has 0 amide bonds. The SMILES string of the molecule is CC/C=C\C/C=C\C/C=C\C/C=C\CCCCC(=O)OCC(COC(=O)CCCCCCCCCCCCCCCCCC)OC(=O)CCCCCCCCCCCCCCCCCC. The second-order valence-electron chi connectivity index (χ2n) is 18.8. The molecule has 0 aliphatic carbocycles. The van der Waals surface area contributed by atoms with E-state index in [0.717, 1.165) is 83.5 Å².